The Morgan fingerprint density at radius 1 is 1.28 bits per heavy atom. The van der Waals surface area contributed by atoms with Crippen LogP contribution in [-0.4, -0.2) is 16.0 Å². The zero-order valence-corrected chi connectivity index (χ0v) is 11.7. The fraction of sp³-hybridized carbons (Fsp3) is 0.643. The van der Waals surface area contributed by atoms with E-state index in [0.29, 0.717) is 17.7 Å². The second-order valence-corrected chi connectivity index (χ2v) is 5.20. The molecule has 0 saturated carbocycles. The van der Waals surface area contributed by atoms with Crippen molar-refractivity contribution in [1.29, 1.82) is 5.26 Å². The summed E-state index contributed by atoms with van der Waals surface area (Å²) in [7, 11) is 0. The Morgan fingerprint density at radius 3 is 2.61 bits per heavy atom. The van der Waals surface area contributed by atoms with Crippen molar-refractivity contribution in [2.45, 2.75) is 53.0 Å². The second-order valence-electron chi connectivity index (χ2n) is 5.20. The number of aromatic nitrogens is 2. The van der Waals surface area contributed by atoms with Gasteiger partial charge in [-0.15, -0.1) is 0 Å². The van der Waals surface area contributed by atoms with Crippen molar-refractivity contribution in [1.82, 2.24) is 9.97 Å². The van der Waals surface area contributed by atoms with Crippen molar-refractivity contribution in [2.24, 2.45) is 5.92 Å². The molecule has 1 aromatic rings. The third kappa shape index (κ3) is 5.13. The summed E-state index contributed by atoms with van der Waals surface area (Å²) in [6, 6.07) is 4.07. The van der Waals surface area contributed by atoms with Gasteiger partial charge in [-0.25, -0.2) is 9.97 Å². The lowest BCUT2D eigenvalue weighted by atomic mass is 10.0. The highest BCUT2D eigenvalue weighted by molar-refractivity contribution is 5.33. The molecular weight excluding hydrogens is 224 g/mol. The van der Waals surface area contributed by atoms with Gasteiger partial charge in [-0.2, -0.15) is 5.26 Å². The molecule has 0 aromatic carbocycles. The normalized spacial score (nSPS) is 12.2. The topological polar surface area (TPSA) is 61.6 Å². The van der Waals surface area contributed by atoms with Crippen LogP contribution >= 0.6 is 0 Å². The average Bonchev–Trinajstić information content (AvgIpc) is 2.27. The molecule has 1 N–H and O–H groups in total. The van der Waals surface area contributed by atoms with Crippen LogP contribution in [0.4, 0.5) is 5.95 Å². The average molecular weight is 246 g/mol. The molecule has 0 amide bonds. The standard InChI is InChI=1S/C14H22N4/c1-10(2)6-5-7-11(3)16-14-17-12(4)8-13(9-15)18-14/h8,10-11H,5-7H2,1-4H3,(H,16,17,18). The number of hydrogen-bond donors (Lipinski definition) is 1. The van der Waals surface area contributed by atoms with Crippen molar-refractivity contribution in [3.63, 3.8) is 0 Å². The fourth-order valence-corrected chi connectivity index (χ4v) is 1.82. The minimum atomic E-state index is 0.331. The zero-order valence-electron chi connectivity index (χ0n) is 11.7. The Labute approximate surface area is 109 Å². The first kappa shape index (κ1) is 14.4. The lowest BCUT2D eigenvalue weighted by Gasteiger charge is -2.14. The molecule has 1 unspecified atom stereocenters. The third-order valence-electron chi connectivity index (χ3n) is 2.76. The molecule has 98 valence electrons. The van der Waals surface area contributed by atoms with E-state index < -0.39 is 0 Å². The van der Waals surface area contributed by atoms with Gasteiger partial charge in [-0.1, -0.05) is 26.7 Å². The summed E-state index contributed by atoms with van der Waals surface area (Å²) in [6.45, 7) is 8.47. The predicted octanol–water partition coefficient (Wildman–Crippen LogP) is 3.28. The second kappa shape index (κ2) is 6.95. The summed E-state index contributed by atoms with van der Waals surface area (Å²) in [5, 5.41) is 12.1. The molecule has 18 heavy (non-hydrogen) atoms. The van der Waals surface area contributed by atoms with E-state index in [2.05, 4.69) is 36.1 Å². The molecule has 0 aliphatic rings. The minimum absolute atomic E-state index is 0.331. The third-order valence-corrected chi connectivity index (χ3v) is 2.76. The molecule has 1 rings (SSSR count). The van der Waals surface area contributed by atoms with E-state index in [-0.39, 0.29) is 0 Å². The van der Waals surface area contributed by atoms with E-state index in [1.54, 1.807) is 6.07 Å². The summed E-state index contributed by atoms with van der Waals surface area (Å²) < 4.78 is 0. The van der Waals surface area contributed by atoms with Crippen LogP contribution in [0.2, 0.25) is 0 Å². The fourth-order valence-electron chi connectivity index (χ4n) is 1.82. The first-order chi connectivity index (χ1) is 8.51. The quantitative estimate of drug-likeness (QED) is 0.836. The van der Waals surface area contributed by atoms with Gasteiger partial charge in [0, 0.05) is 11.7 Å². The van der Waals surface area contributed by atoms with E-state index in [9.17, 15) is 0 Å². The summed E-state index contributed by atoms with van der Waals surface area (Å²) in [4.78, 5) is 8.44. The van der Waals surface area contributed by atoms with Gasteiger partial charge in [0.15, 0.2) is 0 Å². The molecule has 0 spiro atoms. The molecule has 4 heteroatoms. The summed E-state index contributed by atoms with van der Waals surface area (Å²) >= 11 is 0. The lowest BCUT2D eigenvalue weighted by molar-refractivity contribution is 0.519. The van der Waals surface area contributed by atoms with Crippen LogP contribution in [0.1, 0.15) is 51.4 Å². The summed E-state index contributed by atoms with van der Waals surface area (Å²) in [5.41, 5.74) is 1.23. The van der Waals surface area contributed by atoms with Gasteiger partial charge in [0.25, 0.3) is 0 Å². The van der Waals surface area contributed by atoms with Gasteiger partial charge in [-0.3, -0.25) is 0 Å². The number of nitriles is 1. The molecular formula is C14H22N4. The molecule has 0 aliphatic carbocycles. The highest BCUT2D eigenvalue weighted by Crippen LogP contribution is 2.11. The number of nitrogens with zero attached hydrogens (tertiary/aromatic N) is 3. The monoisotopic (exact) mass is 246 g/mol. The predicted molar refractivity (Wildman–Crippen MR) is 73.3 cm³/mol. The maximum atomic E-state index is 8.86. The van der Waals surface area contributed by atoms with Crippen LogP contribution in [0.25, 0.3) is 0 Å². The van der Waals surface area contributed by atoms with E-state index in [0.717, 1.165) is 18.0 Å². The van der Waals surface area contributed by atoms with Crippen LogP contribution in [0.5, 0.6) is 0 Å². The molecule has 1 aromatic heterocycles. The van der Waals surface area contributed by atoms with Gasteiger partial charge < -0.3 is 5.32 Å². The molecule has 0 fully saturated rings. The van der Waals surface area contributed by atoms with Crippen LogP contribution < -0.4 is 5.32 Å². The number of hydrogen-bond acceptors (Lipinski definition) is 4. The molecule has 0 radical (unpaired) electrons. The Morgan fingerprint density at radius 2 is 2.00 bits per heavy atom. The number of aryl methyl sites for hydroxylation is 1. The van der Waals surface area contributed by atoms with Crippen LogP contribution in [0, 0.1) is 24.2 Å². The van der Waals surface area contributed by atoms with Gasteiger partial charge in [0.05, 0.1) is 0 Å². The maximum absolute atomic E-state index is 8.86. The summed E-state index contributed by atoms with van der Waals surface area (Å²) in [5.74, 6) is 1.31. The molecule has 1 heterocycles. The van der Waals surface area contributed by atoms with Gasteiger partial charge in [0.1, 0.15) is 11.8 Å². The van der Waals surface area contributed by atoms with E-state index in [4.69, 9.17) is 5.26 Å². The largest absolute Gasteiger partial charge is 0.352 e. The minimum Gasteiger partial charge on any atom is -0.352 e. The number of anilines is 1. The Hall–Kier alpha value is -1.63. The van der Waals surface area contributed by atoms with Crippen molar-refractivity contribution in [2.75, 3.05) is 5.32 Å². The van der Waals surface area contributed by atoms with Crippen LogP contribution in [0.15, 0.2) is 6.07 Å². The van der Waals surface area contributed by atoms with Crippen molar-refractivity contribution >= 4 is 5.95 Å². The molecule has 0 saturated heterocycles. The zero-order chi connectivity index (χ0) is 13.5. The van der Waals surface area contributed by atoms with Crippen LogP contribution in [0.3, 0.4) is 0 Å². The Bertz CT molecular complexity index is 420. The van der Waals surface area contributed by atoms with Gasteiger partial charge in [-0.05, 0) is 32.3 Å². The van der Waals surface area contributed by atoms with E-state index in [1.165, 1.54) is 12.8 Å². The van der Waals surface area contributed by atoms with Crippen molar-refractivity contribution < 1.29 is 0 Å². The molecule has 1 atom stereocenters. The first-order valence-electron chi connectivity index (χ1n) is 6.53. The highest BCUT2D eigenvalue weighted by atomic mass is 15.1. The lowest BCUT2D eigenvalue weighted by Crippen LogP contribution is -2.17. The van der Waals surface area contributed by atoms with Gasteiger partial charge in [0.2, 0.25) is 5.95 Å². The van der Waals surface area contributed by atoms with E-state index in [1.807, 2.05) is 13.0 Å². The highest BCUT2D eigenvalue weighted by Gasteiger charge is 2.06. The molecule has 4 nitrogen and oxygen atoms in total. The SMILES string of the molecule is Cc1cc(C#N)nc(NC(C)CCCC(C)C)n1. The van der Waals surface area contributed by atoms with Crippen LogP contribution in [-0.2, 0) is 0 Å². The Balaban J connectivity index is 2.51. The first-order valence-corrected chi connectivity index (χ1v) is 6.53. The van der Waals surface area contributed by atoms with Crippen molar-refractivity contribution in [3.05, 3.63) is 17.5 Å². The Kier molecular flexibility index (Phi) is 5.57. The van der Waals surface area contributed by atoms with E-state index >= 15 is 0 Å². The summed E-state index contributed by atoms with van der Waals surface area (Å²) in [6.07, 6.45) is 3.53. The maximum Gasteiger partial charge on any atom is 0.224 e. The van der Waals surface area contributed by atoms with Crippen molar-refractivity contribution in [3.8, 4) is 6.07 Å². The van der Waals surface area contributed by atoms with Gasteiger partial charge >= 0.3 is 0 Å². The number of nitrogens with one attached hydrogen (secondary N) is 1. The smallest absolute Gasteiger partial charge is 0.224 e. The number of rotatable bonds is 6. The molecule has 0 bridgehead atoms. The molecule has 0 aliphatic heterocycles.